The molecule has 0 aliphatic carbocycles. The van der Waals surface area contributed by atoms with Gasteiger partial charge in [-0.15, -0.1) is 0 Å². The molecule has 0 fully saturated rings. The number of benzene rings is 1. The minimum absolute atomic E-state index is 0.106. The molecule has 20 heavy (non-hydrogen) atoms. The summed E-state index contributed by atoms with van der Waals surface area (Å²) in [6, 6.07) is 8.54. The number of ether oxygens (including phenoxy) is 1. The van der Waals surface area contributed by atoms with Crippen molar-refractivity contribution in [3.05, 3.63) is 29.8 Å². The highest BCUT2D eigenvalue weighted by Gasteiger charge is 2.20. The fraction of sp³-hybridized carbons (Fsp3) is 0.647. The van der Waals surface area contributed by atoms with Crippen LogP contribution in [0.3, 0.4) is 0 Å². The van der Waals surface area contributed by atoms with Crippen molar-refractivity contribution in [3.8, 4) is 5.75 Å². The largest absolute Gasteiger partial charge is 0.494 e. The van der Waals surface area contributed by atoms with Gasteiger partial charge in [-0.2, -0.15) is 0 Å². The summed E-state index contributed by atoms with van der Waals surface area (Å²) in [7, 11) is 0. The molecule has 0 amide bonds. The van der Waals surface area contributed by atoms with Gasteiger partial charge in [0.1, 0.15) is 5.75 Å². The summed E-state index contributed by atoms with van der Waals surface area (Å²) in [5, 5.41) is 0. The molecule has 3 nitrogen and oxygen atoms in total. The van der Waals surface area contributed by atoms with Gasteiger partial charge in [-0.25, -0.2) is 0 Å². The molecule has 0 heterocycles. The summed E-state index contributed by atoms with van der Waals surface area (Å²) in [5.74, 6) is 0.958. The summed E-state index contributed by atoms with van der Waals surface area (Å²) in [4.78, 5) is 0. The minimum atomic E-state index is 0.106. The van der Waals surface area contributed by atoms with Crippen LogP contribution in [0.4, 0.5) is 0 Å². The van der Waals surface area contributed by atoms with Crippen LogP contribution in [0.25, 0.3) is 0 Å². The zero-order valence-corrected chi connectivity index (χ0v) is 13.2. The van der Waals surface area contributed by atoms with E-state index in [1.54, 1.807) is 0 Å². The topological polar surface area (TPSA) is 61.3 Å². The molecule has 4 N–H and O–H groups in total. The first kappa shape index (κ1) is 17.0. The van der Waals surface area contributed by atoms with Crippen LogP contribution >= 0.6 is 0 Å². The van der Waals surface area contributed by atoms with Crippen LogP contribution in [0.1, 0.15) is 45.6 Å². The van der Waals surface area contributed by atoms with E-state index in [1.807, 2.05) is 0 Å². The van der Waals surface area contributed by atoms with Gasteiger partial charge in [0.05, 0.1) is 6.61 Å². The second-order valence-corrected chi connectivity index (χ2v) is 6.36. The first-order valence-electron chi connectivity index (χ1n) is 7.64. The highest BCUT2D eigenvalue weighted by molar-refractivity contribution is 5.27. The van der Waals surface area contributed by atoms with E-state index in [0.29, 0.717) is 6.54 Å². The van der Waals surface area contributed by atoms with Crippen LogP contribution in [0.15, 0.2) is 24.3 Å². The molecule has 0 aliphatic heterocycles. The third-order valence-electron chi connectivity index (χ3n) is 3.60. The number of aryl methyl sites for hydroxylation is 1. The second kappa shape index (κ2) is 8.28. The predicted octanol–water partition coefficient (Wildman–Crippen LogP) is 3.11. The Hall–Kier alpha value is -1.06. The zero-order chi connectivity index (χ0) is 15.0. The molecule has 3 heteroatoms. The van der Waals surface area contributed by atoms with E-state index in [-0.39, 0.29) is 11.5 Å². The molecule has 1 rings (SSSR count). The zero-order valence-electron chi connectivity index (χ0n) is 13.2. The van der Waals surface area contributed by atoms with Crippen LogP contribution in [-0.4, -0.2) is 19.2 Å². The number of hydrogen-bond donors (Lipinski definition) is 2. The molecule has 0 aliphatic rings. The molecule has 0 radical (unpaired) electrons. The van der Waals surface area contributed by atoms with Gasteiger partial charge < -0.3 is 16.2 Å². The third-order valence-corrected chi connectivity index (χ3v) is 3.60. The van der Waals surface area contributed by atoms with E-state index >= 15 is 0 Å². The molecule has 1 aromatic rings. The van der Waals surface area contributed by atoms with E-state index in [4.69, 9.17) is 16.2 Å². The Labute approximate surface area is 123 Å². The number of nitrogens with two attached hydrogens (primary N) is 2. The second-order valence-electron chi connectivity index (χ2n) is 6.36. The SMILES string of the molecule is CCCOc1ccc(CCC(C)(C)C[C@H](N)CN)cc1. The Morgan fingerprint density at radius 3 is 2.40 bits per heavy atom. The molecule has 0 unspecified atom stereocenters. The van der Waals surface area contributed by atoms with Gasteiger partial charge in [0.15, 0.2) is 0 Å². The van der Waals surface area contributed by atoms with Gasteiger partial charge >= 0.3 is 0 Å². The minimum Gasteiger partial charge on any atom is -0.494 e. The Morgan fingerprint density at radius 2 is 1.85 bits per heavy atom. The van der Waals surface area contributed by atoms with Crippen molar-refractivity contribution in [2.24, 2.45) is 16.9 Å². The molecule has 0 bridgehead atoms. The van der Waals surface area contributed by atoms with Crippen molar-refractivity contribution in [3.63, 3.8) is 0 Å². The molecule has 1 atom stereocenters. The highest BCUT2D eigenvalue weighted by Crippen LogP contribution is 2.28. The maximum Gasteiger partial charge on any atom is 0.119 e. The fourth-order valence-electron chi connectivity index (χ4n) is 2.35. The van der Waals surface area contributed by atoms with Crippen molar-refractivity contribution in [1.82, 2.24) is 0 Å². The van der Waals surface area contributed by atoms with Crippen molar-refractivity contribution in [2.45, 2.75) is 52.5 Å². The maximum absolute atomic E-state index is 5.95. The van der Waals surface area contributed by atoms with Gasteiger partial charge in [0, 0.05) is 12.6 Å². The quantitative estimate of drug-likeness (QED) is 0.729. The number of rotatable bonds is 9. The summed E-state index contributed by atoms with van der Waals surface area (Å²) < 4.78 is 5.59. The van der Waals surface area contributed by atoms with Gasteiger partial charge in [-0.05, 0) is 48.8 Å². The molecule has 0 saturated heterocycles. The highest BCUT2D eigenvalue weighted by atomic mass is 16.5. The van der Waals surface area contributed by atoms with Crippen LogP contribution in [0.5, 0.6) is 5.75 Å². The molecule has 0 saturated carbocycles. The van der Waals surface area contributed by atoms with Gasteiger partial charge in [0.2, 0.25) is 0 Å². The third kappa shape index (κ3) is 6.40. The van der Waals surface area contributed by atoms with Crippen molar-refractivity contribution < 1.29 is 4.74 Å². The normalized spacial score (nSPS) is 13.2. The van der Waals surface area contributed by atoms with Crippen LogP contribution in [0.2, 0.25) is 0 Å². The Morgan fingerprint density at radius 1 is 1.20 bits per heavy atom. The van der Waals surface area contributed by atoms with E-state index < -0.39 is 0 Å². The van der Waals surface area contributed by atoms with Crippen LogP contribution in [0, 0.1) is 5.41 Å². The van der Waals surface area contributed by atoms with E-state index in [1.165, 1.54) is 5.56 Å². The molecular formula is C17H30N2O. The summed E-state index contributed by atoms with van der Waals surface area (Å²) >= 11 is 0. The van der Waals surface area contributed by atoms with E-state index in [2.05, 4.69) is 45.0 Å². The molecule has 114 valence electrons. The fourth-order valence-corrected chi connectivity index (χ4v) is 2.35. The lowest BCUT2D eigenvalue weighted by Gasteiger charge is -2.27. The van der Waals surface area contributed by atoms with Crippen LogP contribution < -0.4 is 16.2 Å². The Balaban J connectivity index is 2.44. The molecule has 1 aromatic carbocycles. The molecule has 0 aromatic heterocycles. The maximum atomic E-state index is 5.95. The summed E-state index contributed by atoms with van der Waals surface area (Å²) in [6.07, 6.45) is 4.20. The lowest BCUT2D eigenvalue weighted by molar-refractivity contribution is 0.283. The predicted molar refractivity (Wildman–Crippen MR) is 86.0 cm³/mol. The Kier molecular flexibility index (Phi) is 7.03. The van der Waals surface area contributed by atoms with E-state index in [9.17, 15) is 0 Å². The molecule has 0 spiro atoms. The standard InChI is InChI=1S/C17H30N2O/c1-4-11-20-16-7-5-14(6-8-16)9-10-17(2,3)12-15(19)13-18/h5-8,15H,4,9-13,18-19H2,1-3H3/t15-/m0/s1. The first-order valence-corrected chi connectivity index (χ1v) is 7.64. The lowest BCUT2D eigenvalue weighted by atomic mass is 9.80. The summed E-state index contributed by atoms with van der Waals surface area (Å²) in [6.45, 7) is 7.99. The average Bonchev–Trinajstić information content (AvgIpc) is 2.43. The van der Waals surface area contributed by atoms with Crippen molar-refractivity contribution in [1.29, 1.82) is 0 Å². The van der Waals surface area contributed by atoms with Gasteiger partial charge in [-0.1, -0.05) is 32.9 Å². The smallest absolute Gasteiger partial charge is 0.119 e. The van der Waals surface area contributed by atoms with E-state index in [0.717, 1.165) is 38.0 Å². The number of hydrogen-bond acceptors (Lipinski definition) is 3. The Bertz CT molecular complexity index is 373. The van der Waals surface area contributed by atoms with Gasteiger partial charge in [-0.3, -0.25) is 0 Å². The van der Waals surface area contributed by atoms with Crippen LogP contribution in [-0.2, 0) is 6.42 Å². The average molecular weight is 278 g/mol. The van der Waals surface area contributed by atoms with Crippen molar-refractivity contribution >= 4 is 0 Å². The summed E-state index contributed by atoms with van der Waals surface area (Å²) in [5.41, 5.74) is 13.1. The molecular weight excluding hydrogens is 248 g/mol. The van der Waals surface area contributed by atoms with Crippen molar-refractivity contribution in [2.75, 3.05) is 13.2 Å². The first-order chi connectivity index (χ1) is 9.46. The monoisotopic (exact) mass is 278 g/mol. The van der Waals surface area contributed by atoms with Gasteiger partial charge in [0.25, 0.3) is 0 Å². The lowest BCUT2D eigenvalue weighted by Crippen LogP contribution is -2.34.